The zero-order valence-electron chi connectivity index (χ0n) is 13.2. The molecule has 1 atom stereocenters. The third kappa shape index (κ3) is 3.73. The number of halogens is 1. The van der Waals surface area contributed by atoms with Gasteiger partial charge in [0.25, 0.3) is 0 Å². The molecular formula is C20H21BrO2. The van der Waals surface area contributed by atoms with Crippen LogP contribution in [0.3, 0.4) is 0 Å². The molecule has 1 saturated carbocycles. The van der Waals surface area contributed by atoms with Gasteiger partial charge in [0.2, 0.25) is 0 Å². The van der Waals surface area contributed by atoms with Crippen LogP contribution in [0.1, 0.15) is 41.9 Å². The highest BCUT2D eigenvalue weighted by Crippen LogP contribution is 2.36. The SMILES string of the molecule is Cc1ccccc1C(CC(=O)C1CC(O)C1)c1ccc(Br)cc1. The lowest BCUT2D eigenvalue weighted by atomic mass is 9.75. The first-order valence-electron chi connectivity index (χ1n) is 8.06. The molecule has 0 heterocycles. The lowest BCUT2D eigenvalue weighted by Gasteiger charge is -2.31. The van der Waals surface area contributed by atoms with Crippen molar-refractivity contribution in [1.82, 2.24) is 0 Å². The Labute approximate surface area is 145 Å². The molecule has 0 aromatic heterocycles. The summed E-state index contributed by atoms with van der Waals surface area (Å²) in [5, 5.41) is 9.45. The first-order chi connectivity index (χ1) is 11.0. The molecule has 1 fully saturated rings. The third-order valence-corrected chi connectivity index (χ3v) is 5.34. The van der Waals surface area contributed by atoms with Crippen LogP contribution in [-0.2, 0) is 4.79 Å². The molecule has 1 unspecified atom stereocenters. The van der Waals surface area contributed by atoms with Gasteiger partial charge < -0.3 is 5.11 Å². The van der Waals surface area contributed by atoms with Crippen molar-refractivity contribution in [2.24, 2.45) is 5.92 Å². The summed E-state index contributed by atoms with van der Waals surface area (Å²) in [5.74, 6) is 0.382. The predicted octanol–water partition coefficient (Wildman–Crippen LogP) is 4.62. The molecule has 1 aliphatic carbocycles. The van der Waals surface area contributed by atoms with E-state index in [4.69, 9.17) is 0 Å². The Morgan fingerprint density at radius 2 is 1.83 bits per heavy atom. The number of hydrogen-bond acceptors (Lipinski definition) is 2. The predicted molar refractivity (Wildman–Crippen MR) is 95.5 cm³/mol. The van der Waals surface area contributed by atoms with Crippen LogP contribution in [0, 0.1) is 12.8 Å². The van der Waals surface area contributed by atoms with Gasteiger partial charge in [0, 0.05) is 22.7 Å². The second-order valence-corrected chi connectivity index (χ2v) is 7.37. The number of aliphatic hydroxyl groups excluding tert-OH is 1. The fourth-order valence-electron chi connectivity index (χ4n) is 3.30. The molecule has 0 radical (unpaired) electrons. The van der Waals surface area contributed by atoms with Gasteiger partial charge in [-0.3, -0.25) is 4.79 Å². The van der Waals surface area contributed by atoms with Crippen molar-refractivity contribution in [2.75, 3.05) is 0 Å². The van der Waals surface area contributed by atoms with Crippen molar-refractivity contribution < 1.29 is 9.90 Å². The van der Waals surface area contributed by atoms with Gasteiger partial charge in [-0.05, 0) is 48.6 Å². The number of Topliss-reactive ketones (excluding diaryl/α,β-unsaturated/α-hetero) is 1. The van der Waals surface area contributed by atoms with E-state index < -0.39 is 0 Å². The van der Waals surface area contributed by atoms with Gasteiger partial charge in [-0.15, -0.1) is 0 Å². The summed E-state index contributed by atoms with van der Waals surface area (Å²) >= 11 is 3.47. The van der Waals surface area contributed by atoms with Crippen LogP contribution in [-0.4, -0.2) is 17.0 Å². The number of rotatable bonds is 5. The van der Waals surface area contributed by atoms with Crippen LogP contribution in [0.15, 0.2) is 53.0 Å². The van der Waals surface area contributed by atoms with Gasteiger partial charge in [0.1, 0.15) is 5.78 Å². The topological polar surface area (TPSA) is 37.3 Å². The van der Waals surface area contributed by atoms with Gasteiger partial charge >= 0.3 is 0 Å². The standard InChI is InChI=1S/C20H21BrO2/c1-13-4-2-3-5-18(13)19(14-6-8-16(21)9-7-14)12-20(23)15-10-17(22)11-15/h2-9,15,17,19,22H,10-12H2,1H3. The van der Waals surface area contributed by atoms with Crippen molar-refractivity contribution in [3.05, 3.63) is 69.7 Å². The quantitative estimate of drug-likeness (QED) is 0.831. The molecule has 2 aromatic carbocycles. The summed E-state index contributed by atoms with van der Waals surface area (Å²) in [6.45, 7) is 2.10. The first kappa shape index (κ1) is 16.4. The molecule has 23 heavy (non-hydrogen) atoms. The molecule has 3 heteroatoms. The van der Waals surface area contributed by atoms with E-state index >= 15 is 0 Å². The second-order valence-electron chi connectivity index (χ2n) is 6.45. The largest absolute Gasteiger partial charge is 0.393 e. The summed E-state index contributed by atoms with van der Waals surface area (Å²) < 4.78 is 1.04. The lowest BCUT2D eigenvalue weighted by molar-refractivity contribution is -0.129. The number of ketones is 1. The Morgan fingerprint density at radius 1 is 1.17 bits per heavy atom. The minimum Gasteiger partial charge on any atom is -0.393 e. The molecule has 0 spiro atoms. The van der Waals surface area contributed by atoms with Crippen molar-refractivity contribution in [1.29, 1.82) is 0 Å². The average molecular weight is 373 g/mol. The normalized spacial score (nSPS) is 21.5. The van der Waals surface area contributed by atoms with Crippen LogP contribution >= 0.6 is 15.9 Å². The number of aliphatic hydroxyl groups is 1. The fraction of sp³-hybridized carbons (Fsp3) is 0.350. The maximum atomic E-state index is 12.6. The Balaban J connectivity index is 1.89. The number of hydrogen-bond donors (Lipinski definition) is 1. The second kappa shape index (κ2) is 6.98. The Morgan fingerprint density at radius 3 is 2.43 bits per heavy atom. The van der Waals surface area contributed by atoms with Crippen molar-refractivity contribution in [3.8, 4) is 0 Å². The molecule has 0 amide bonds. The highest BCUT2D eigenvalue weighted by Gasteiger charge is 2.34. The molecule has 0 bridgehead atoms. The fourth-order valence-corrected chi connectivity index (χ4v) is 3.56. The Bertz CT molecular complexity index is 687. The van der Waals surface area contributed by atoms with Gasteiger partial charge in [0.15, 0.2) is 0 Å². The number of carbonyl (C=O) groups excluding carboxylic acids is 1. The van der Waals surface area contributed by atoms with Crippen molar-refractivity contribution in [3.63, 3.8) is 0 Å². The van der Waals surface area contributed by atoms with Crippen LogP contribution in [0.5, 0.6) is 0 Å². The summed E-state index contributed by atoms with van der Waals surface area (Å²) in [5.41, 5.74) is 3.58. The number of carbonyl (C=O) groups is 1. The van der Waals surface area contributed by atoms with E-state index in [0.29, 0.717) is 19.3 Å². The third-order valence-electron chi connectivity index (χ3n) is 4.81. The van der Waals surface area contributed by atoms with Gasteiger partial charge in [-0.1, -0.05) is 52.3 Å². The molecule has 3 rings (SSSR count). The zero-order chi connectivity index (χ0) is 16.4. The number of aryl methyl sites for hydroxylation is 1. The van der Waals surface area contributed by atoms with E-state index in [0.717, 1.165) is 10.0 Å². The Kier molecular flexibility index (Phi) is 4.98. The Hall–Kier alpha value is -1.45. The monoisotopic (exact) mass is 372 g/mol. The highest BCUT2D eigenvalue weighted by atomic mass is 79.9. The molecular weight excluding hydrogens is 352 g/mol. The highest BCUT2D eigenvalue weighted by molar-refractivity contribution is 9.10. The lowest BCUT2D eigenvalue weighted by Crippen LogP contribution is -2.34. The minimum absolute atomic E-state index is 0.0342. The molecule has 1 aliphatic rings. The van der Waals surface area contributed by atoms with E-state index in [9.17, 15) is 9.90 Å². The van der Waals surface area contributed by atoms with E-state index in [1.807, 2.05) is 24.3 Å². The summed E-state index contributed by atoms with van der Waals surface area (Å²) in [6.07, 6.45) is 1.47. The molecule has 1 N–H and O–H groups in total. The summed E-state index contributed by atoms with van der Waals surface area (Å²) in [4.78, 5) is 12.6. The van der Waals surface area contributed by atoms with E-state index in [2.05, 4.69) is 47.1 Å². The smallest absolute Gasteiger partial charge is 0.137 e. The maximum Gasteiger partial charge on any atom is 0.137 e. The van der Waals surface area contributed by atoms with Crippen molar-refractivity contribution in [2.45, 2.75) is 38.2 Å². The van der Waals surface area contributed by atoms with Crippen LogP contribution in [0.4, 0.5) is 0 Å². The van der Waals surface area contributed by atoms with E-state index in [-0.39, 0.29) is 23.7 Å². The van der Waals surface area contributed by atoms with E-state index in [1.165, 1.54) is 11.1 Å². The minimum atomic E-state index is -0.284. The van der Waals surface area contributed by atoms with Gasteiger partial charge in [0.05, 0.1) is 6.10 Å². The van der Waals surface area contributed by atoms with Gasteiger partial charge in [-0.25, -0.2) is 0 Å². The maximum absolute atomic E-state index is 12.6. The van der Waals surface area contributed by atoms with Crippen LogP contribution in [0.2, 0.25) is 0 Å². The van der Waals surface area contributed by atoms with Gasteiger partial charge in [-0.2, -0.15) is 0 Å². The van der Waals surface area contributed by atoms with Crippen molar-refractivity contribution >= 4 is 21.7 Å². The number of benzene rings is 2. The van der Waals surface area contributed by atoms with Crippen LogP contribution < -0.4 is 0 Å². The summed E-state index contributed by atoms with van der Waals surface area (Å²) in [7, 11) is 0. The zero-order valence-corrected chi connectivity index (χ0v) is 14.8. The summed E-state index contributed by atoms with van der Waals surface area (Å²) in [6, 6.07) is 16.5. The molecule has 2 aromatic rings. The van der Waals surface area contributed by atoms with Crippen LogP contribution in [0.25, 0.3) is 0 Å². The average Bonchev–Trinajstić information content (AvgIpc) is 2.51. The first-order valence-corrected chi connectivity index (χ1v) is 8.85. The molecule has 120 valence electrons. The molecule has 0 aliphatic heterocycles. The molecule has 2 nitrogen and oxygen atoms in total. The molecule has 0 saturated heterocycles. The van der Waals surface area contributed by atoms with E-state index in [1.54, 1.807) is 0 Å².